The van der Waals surface area contributed by atoms with Crippen LogP contribution in [-0.2, 0) is 6.54 Å². The van der Waals surface area contributed by atoms with Crippen molar-refractivity contribution in [1.82, 2.24) is 5.32 Å². The van der Waals surface area contributed by atoms with Crippen LogP contribution in [0.15, 0.2) is 18.2 Å². The van der Waals surface area contributed by atoms with Crippen molar-refractivity contribution in [2.75, 3.05) is 6.54 Å². The zero-order valence-corrected chi connectivity index (χ0v) is 12.0. The standard InChI is InChI=1S/C16H22ClNO/c17-15-12(4-1-7-14(15)19)10-18-11-16(8-3-9-16)13-5-2-6-13/h1,4,7,13,18-19H,2-3,5-6,8-11H2. The minimum absolute atomic E-state index is 0.179. The molecule has 19 heavy (non-hydrogen) atoms. The summed E-state index contributed by atoms with van der Waals surface area (Å²) in [7, 11) is 0. The Balaban J connectivity index is 1.56. The first-order valence-corrected chi connectivity index (χ1v) is 7.76. The van der Waals surface area contributed by atoms with E-state index in [-0.39, 0.29) is 5.75 Å². The Morgan fingerprint density at radius 2 is 2.05 bits per heavy atom. The smallest absolute Gasteiger partial charge is 0.134 e. The number of hydrogen-bond acceptors (Lipinski definition) is 2. The number of rotatable bonds is 5. The lowest BCUT2D eigenvalue weighted by Crippen LogP contribution is -2.47. The van der Waals surface area contributed by atoms with Crippen LogP contribution in [0.5, 0.6) is 5.75 Å². The van der Waals surface area contributed by atoms with Gasteiger partial charge >= 0.3 is 0 Å². The van der Waals surface area contributed by atoms with Gasteiger partial charge < -0.3 is 10.4 Å². The Morgan fingerprint density at radius 1 is 1.26 bits per heavy atom. The van der Waals surface area contributed by atoms with Crippen molar-refractivity contribution in [2.45, 2.75) is 45.1 Å². The summed E-state index contributed by atoms with van der Waals surface area (Å²) in [5.41, 5.74) is 1.56. The van der Waals surface area contributed by atoms with Gasteiger partial charge in [-0.05, 0) is 48.6 Å². The lowest BCUT2D eigenvalue weighted by molar-refractivity contribution is 0.00266. The Bertz CT molecular complexity index is 452. The zero-order valence-electron chi connectivity index (χ0n) is 11.3. The summed E-state index contributed by atoms with van der Waals surface area (Å²) in [4.78, 5) is 0. The normalized spacial score (nSPS) is 21.7. The molecule has 3 rings (SSSR count). The number of halogens is 1. The van der Waals surface area contributed by atoms with Gasteiger partial charge in [-0.15, -0.1) is 0 Å². The van der Waals surface area contributed by atoms with Gasteiger partial charge in [0.15, 0.2) is 0 Å². The number of phenolic OH excluding ortho intramolecular Hbond substituents is 1. The molecule has 3 heteroatoms. The summed E-state index contributed by atoms with van der Waals surface area (Å²) in [6.45, 7) is 1.85. The summed E-state index contributed by atoms with van der Waals surface area (Å²) >= 11 is 6.10. The second-order valence-electron chi connectivity index (χ2n) is 6.20. The molecule has 0 saturated heterocycles. The van der Waals surface area contributed by atoms with Crippen LogP contribution in [-0.4, -0.2) is 11.7 Å². The Hall–Kier alpha value is -0.730. The molecule has 2 nitrogen and oxygen atoms in total. The van der Waals surface area contributed by atoms with E-state index in [9.17, 15) is 5.11 Å². The topological polar surface area (TPSA) is 32.3 Å². The molecule has 0 spiro atoms. The molecule has 2 aliphatic carbocycles. The average molecular weight is 280 g/mol. The quantitative estimate of drug-likeness (QED) is 0.850. The van der Waals surface area contributed by atoms with Crippen LogP contribution in [0.3, 0.4) is 0 Å². The highest BCUT2D eigenvalue weighted by Crippen LogP contribution is 2.53. The van der Waals surface area contributed by atoms with E-state index in [1.165, 1.54) is 38.5 Å². The molecule has 2 N–H and O–H groups in total. The predicted molar refractivity (Wildman–Crippen MR) is 78.4 cm³/mol. The fourth-order valence-electron chi connectivity index (χ4n) is 3.53. The second-order valence-corrected chi connectivity index (χ2v) is 6.58. The molecule has 2 aliphatic rings. The molecule has 0 amide bonds. The highest BCUT2D eigenvalue weighted by atomic mass is 35.5. The minimum atomic E-state index is 0.179. The van der Waals surface area contributed by atoms with E-state index >= 15 is 0 Å². The van der Waals surface area contributed by atoms with E-state index in [2.05, 4.69) is 5.32 Å². The predicted octanol–water partition coefficient (Wildman–Crippen LogP) is 4.11. The van der Waals surface area contributed by atoms with E-state index in [1.807, 2.05) is 12.1 Å². The van der Waals surface area contributed by atoms with Gasteiger partial charge in [0, 0.05) is 13.1 Å². The minimum Gasteiger partial charge on any atom is -0.506 e. The third-order valence-corrected chi connectivity index (χ3v) is 5.61. The van der Waals surface area contributed by atoms with Crippen LogP contribution in [0, 0.1) is 11.3 Å². The summed E-state index contributed by atoms with van der Waals surface area (Å²) in [6.07, 6.45) is 8.44. The summed E-state index contributed by atoms with van der Waals surface area (Å²) in [5, 5.41) is 13.6. The van der Waals surface area contributed by atoms with Gasteiger partial charge in [-0.25, -0.2) is 0 Å². The molecule has 0 aromatic heterocycles. The molecule has 0 atom stereocenters. The Morgan fingerprint density at radius 3 is 2.63 bits per heavy atom. The maximum Gasteiger partial charge on any atom is 0.134 e. The first-order valence-electron chi connectivity index (χ1n) is 7.38. The Kier molecular flexibility index (Phi) is 3.72. The van der Waals surface area contributed by atoms with E-state index in [4.69, 9.17) is 11.6 Å². The fraction of sp³-hybridized carbons (Fsp3) is 0.625. The van der Waals surface area contributed by atoms with Gasteiger partial charge in [-0.3, -0.25) is 0 Å². The molecule has 0 unspecified atom stereocenters. The number of hydrogen-bond donors (Lipinski definition) is 2. The number of nitrogens with one attached hydrogen (secondary N) is 1. The molecule has 104 valence electrons. The molecule has 0 radical (unpaired) electrons. The molecule has 2 fully saturated rings. The SMILES string of the molecule is Oc1cccc(CNCC2(C3CCC3)CCC2)c1Cl. The van der Waals surface area contributed by atoms with Crippen LogP contribution < -0.4 is 5.32 Å². The highest BCUT2D eigenvalue weighted by Gasteiger charge is 2.45. The first kappa shape index (κ1) is 13.3. The molecule has 2 saturated carbocycles. The Labute approximate surface area is 120 Å². The van der Waals surface area contributed by atoms with Gasteiger partial charge in [0.2, 0.25) is 0 Å². The fourth-order valence-corrected chi connectivity index (χ4v) is 3.72. The summed E-state index contributed by atoms with van der Waals surface area (Å²) in [5.74, 6) is 1.13. The van der Waals surface area contributed by atoms with Crippen molar-refractivity contribution in [3.05, 3.63) is 28.8 Å². The molecule has 0 bridgehead atoms. The number of phenols is 1. The van der Waals surface area contributed by atoms with E-state index in [0.29, 0.717) is 10.4 Å². The number of aromatic hydroxyl groups is 1. The lowest BCUT2D eigenvalue weighted by Gasteiger charge is -2.52. The molecular formula is C16H22ClNO. The van der Waals surface area contributed by atoms with Gasteiger partial charge in [-0.2, -0.15) is 0 Å². The van der Waals surface area contributed by atoms with Crippen molar-refractivity contribution in [3.63, 3.8) is 0 Å². The molecular weight excluding hydrogens is 258 g/mol. The zero-order chi connectivity index (χ0) is 13.3. The van der Waals surface area contributed by atoms with Crippen LogP contribution >= 0.6 is 11.6 Å². The van der Waals surface area contributed by atoms with Crippen molar-refractivity contribution in [3.8, 4) is 5.75 Å². The van der Waals surface area contributed by atoms with E-state index in [0.717, 1.165) is 24.6 Å². The van der Waals surface area contributed by atoms with Gasteiger partial charge in [0.1, 0.15) is 5.75 Å². The lowest BCUT2D eigenvalue weighted by atomic mass is 9.55. The largest absolute Gasteiger partial charge is 0.506 e. The highest BCUT2D eigenvalue weighted by molar-refractivity contribution is 6.32. The van der Waals surface area contributed by atoms with E-state index < -0.39 is 0 Å². The van der Waals surface area contributed by atoms with Crippen LogP contribution in [0.2, 0.25) is 5.02 Å². The van der Waals surface area contributed by atoms with Crippen molar-refractivity contribution < 1.29 is 5.11 Å². The molecule has 1 aromatic rings. The maximum absolute atomic E-state index is 9.59. The average Bonchev–Trinajstić information content (AvgIpc) is 2.28. The van der Waals surface area contributed by atoms with Crippen LogP contribution in [0.25, 0.3) is 0 Å². The third-order valence-electron chi connectivity index (χ3n) is 5.17. The number of benzene rings is 1. The summed E-state index contributed by atoms with van der Waals surface area (Å²) < 4.78 is 0. The summed E-state index contributed by atoms with van der Waals surface area (Å²) in [6, 6.07) is 5.46. The monoisotopic (exact) mass is 279 g/mol. The maximum atomic E-state index is 9.59. The molecule has 0 aliphatic heterocycles. The first-order chi connectivity index (χ1) is 9.21. The van der Waals surface area contributed by atoms with Crippen molar-refractivity contribution in [2.24, 2.45) is 11.3 Å². The van der Waals surface area contributed by atoms with Gasteiger partial charge in [0.25, 0.3) is 0 Å². The third kappa shape index (κ3) is 2.48. The van der Waals surface area contributed by atoms with Crippen molar-refractivity contribution in [1.29, 1.82) is 0 Å². The van der Waals surface area contributed by atoms with Crippen molar-refractivity contribution >= 4 is 11.6 Å². The van der Waals surface area contributed by atoms with Crippen LogP contribution in [0.4, 0.5) is 0 Å². The van der Waals surface area contributed by atoms with E-state index in [1.54, 1.807) is 6.07 Å². The second kappa shape index (κ2) is 5.34. The van der Waals surface area contributed by atoms with Gasteiger partial charge in [0.05, 0.1) is 5.02 Å². The molecule has 0 heterocycles. The van der Waals surface area contributed by atoms with Gasteiger partial charge in [-0.1, -0.05) is 36.6 Å². The van der Waals surface area contributed by atoms with Crippen LogP contribution in [0.1, 0.15) is 44.1 Å². The molecule has 1 aromatic carbocycles.